The van der Waals surface area contributed by atoms with E-state index in [1.54, 1.807) is 0 Å². The molecule has 0 aromatic heterocycles. The fourth-order valence-electron chi connectivity index (χ4n) is 2.82. The highest BCUT2D eigenvalue weighted by Gasteiger charge is 2.37. The van der Waals surface area contributed by atoms with Gasteiger partial charge in [-0.05, 0) is 31.2 Å². The lowest BCUT2D eigenvalue weighted by Crippen LogP contribution is -2.26. The molecule has 2 aromatic rings. The summed E-state index contributed by atoms with van der Waals surface area (Å²) in [4.78, 5) is 14.7. The molecular weight excluding hydrogens is 290 g/mol. The third-order valence-corrected chi connectivity index (χ3v) is 3.97. The second-order valence-corrected chi connectivity index (χ2v) is 5.45. The molecule has 0 radical (unpaired) electrons. The molecule has 0 saturated carbocycles. The maximum Gasteiger partial charge on any atom is 0.286 e. The number of amides is 1. The van der Waals surface area contributed by atoms with Crippen molar-refractivity contribution in [3.05, 3.63) is 66.1 Å². The third kappa shape index (κ3) is 2.01. The minimum absolute atomic E-state index is 0.177. The average molecular weight is 305 g/mol. The Morgan fingerprint density at radius 1 is 1.00 bits per heavy atom. The molecule has 114 valence electrons. The number of rotatable bonds is 1. The molecule has 1 amide bonds. The Balaban J connectivity index is 1.77. The molecule has 2 aliphatic rings. The van der Waals surface area contributed by atoms with E-state index in [1.165, 1.54) is 5.01 Å². The van der Waals surface area contributed by atoms with Crippen LogP contribution in [0.15, 0.2) is 71.2 Å². The Morgan fingerprint density at radius 3 is 2.43 bits per heavy atom. The molecule has 0 spiro atoms. The van der Waals surface area contributed by atoms with Crippen LogP contribution in [0.3, 0.4) is 0 Å². The van der Waals surface area contributed by atoms with Crippen LogP contribution in [-0.2, 0) is 4.79 Å². The van der Waals surface area contributed by atoms with E-state index in [4.69, 9.17) is 4.74 Å². The SMILES string of the molecule is CC1=NN(c2ccccc2)C(=O)/C1=C1\Oc2ccccc2N1C. The summed E-state index contributed by atoms with van der Waals surface area (Å²) in [5.74, 6) is 1.09. The maximum atomic E-state index is 12.8. The predicted octanol–water partition coefficient (Wildman–Crippen LogP) is 3.15. The second kappa shape index (κ2) is 4.98. The van der Waals surface area contributed by atoms with Crippen LogP contribution in [0.2, 0.25) is 0 Å². The summed E-state index contributed by atoms with van der Waals surface area (Å²) in [6.45, 7) is 1.82. The number of fused-ring (bicyclic) bond motifs is 1. The van der Waals surface area contributed by atoms with Crippen LogP contribution < -0.4 is 14.6 Å². The first-order valence-electron chi connectivity index (χ1n) is 7.37. The average Bonchev–Trinajstić information content (AvgIpc) is 3.05. The molecule has 0 unspecified atom stereocenters. The van der Waals surface area contributed by atoms with Gasteiger partial charge >= 0.3 is 0 Å². The van der Waals surface area contributed by atoms with E-state index in [1.807, 2.05) is 73.5 Å². The van der Waals surface area contributed by atoms with Crippen LogP contribution in [0.1, 0.15) is 6.92 Å². The first-order valence-corrected chi connectivity index (χ1v) is 7.37. The number of ether oxygens (including phenoxy) is 1. The summed E-state index contributed by atoms with van der Waals surface area (Å²) in [5, 5.41) is 5.81. The second-order valence-electron chi connectivity index (χ2n) is 5.45. The first kappa shape index (κ1) is 13.6. The van der Waals surface area contributed by atoms with Crippen LogP contribution >= 0.6 is 0 Å². The predicted molar refractivity (Wildman–Crippen MR) is 89.5 cm³/mol. The van der Waals surface area contributed by atoms with Gasteiger partial charge in [0, 0.05) is 7.05 Å². The maximum absolute atomic E-state index is 12.8. The Labute approximate surface area is 134 Å². The van der Waals surface area contributed by atoms with Crippen molar-refractivity contribution in [1.29, 1.82) is 0 Å². The van der Waals surface area contributed by atoms with Crippen molar-refractivity contribution < 1.29 is 9.53 Å². The number of para-hydroxylation sites is 3. The van der Waals surface area contributed by atoms with Crippen LogP contribution in [-0.4, -0.2) is 18.7 Å². The highest BCUT2D eigenvalue weighted by atomic mass is 16.5. The van der Waals surface area contributed by atoms with Gasteiger partial charge in [0.2, 0.25) is 5.88 Å². The fourth-order valence-corrected chi connectivity index (χ4v) is 2.82. The molecule has 2 heterocycles. The lowest BCUT2D eigenvalue weighted by atomic mass is 10.1. The summed E-state index contributed by atoms with van der Waals surface area (Å²) < 4.78 is 5.91. The van der Waals surface area contributed by atoms with Crippen molar-refractivity contribution in [2.45, 2.75) is 6.92 Å². The van der Waals surface area contributed by atoms with Crippen LogP contribution in [0.25, 0.3) is 0 Å². The summed E-state index contributed by atoms with van der Waals surface area (Å²) in [7, 11) is 1.89. The van der Waals surface area contributed by atoms with E-state index in [0.717, 1.165) is 17.1 Å². The number of hydrogen-bond acceptors (Lipinski definition) is 4. The minimum Gasteiger partial charge on any atom is -0.438 e. The van der Waals surface area contributed by atoms with Crippen LogP contribution in [0.4, 0.5) is 11.4 Å². The normalized spacial score (nSPS) is 19.7. The molecule has 0 atom stereocenters. The van der Waals surface area contributed by atoms with Crippen molar-refractivity contribution in [1.82, 2.24) is 0 Å². The molecule has 0 bridgehead atoms. The molecule has 23 heavy (non-hydrogen) atoms. The Hall–Kier alpha value is -3.08. The summed E-state index contributed by atoms with van der Waals surface area (Å²) in [6.07, 6.45) is 0. The molecule has 2 aliphatic heterocycles. The zero-order valence-corrected chi connectivity index (χ0v) is 12.9. The quantitative estimate of drug-likeness (QED) is 0.760. The van der Waals surface area contributed by atoms with Crippen molar-refractivity contribution in [3.63, 3.8) is 0 Å². The number of anilines is 2. The molecule has 2 aromatic carbocycles. The Morgan fingerprint density at radius 2 is 1.70 bits per heavy atom. The van der Waals surface area contributed by atoms with Gasteiger partial charge in [-0.15, -0.1) is 0 Å². The van der Waals surface area contributed by atoms with E-state index in [9.17, 15) is 4.79 Å². The van der Waals surface area contributed by atoms with Gasteiger partial charge in [0.05, 0.1) is 17.1 Å². The van der Waals surface area contributed by atoms with Gasteiger partial charge < -0.3 is 9.64 Å². The Kier molecular flexibility index (Phi) is 2.94. The van der Waals surface area contributed by atoms with Gasteiger partial charge in [-0.2, -0.15) is 10.1 Å². The summed E-state index contributed by atoms with van der Waals surface area (Å²) in [6, 6.07) is 17.1. The summed E-state index contributed by atoms with van der Waals surface area (Å²) in [5.41, 5.74) is 2.82. The first-order chi connectivity index (χ1) is 11.2. The van der Waals surface area contributed by atoms with Gasteiger partial charge in [0.25, 0.3) is 5.91 Å². The van der Waals surface area contributed by atoms with Crippen molar-refractivity contribution in [2.75, 3.05) is 17.0 Å². The molecule has 0 aliphatic carbocycles. The molecule has 4 rings (SSSR count). The zero-order chi connectivity index (χ0) is 16.0. The highest BCUT2D eigenvalue weighted by Crippen LogP contribution is 2.40. The Bertz CT molecular complexity index is 856. The van der Waals surface area contributed by atoms with Crippen LogP contribution in [0, 0.1) is 0 Å². The van der Waals surface area contributed by atoms with E-state index in [2.05, 4.69) is 5.10 Å². The van der Waals surface area contributed by atoms with Gasteiger partial charge in [-0.25, -0.2) is 0 Å². The highest BCUT2D eigenvalue weighted by molar-refractivity contribution is 6.30. The van der Waals surface area contributed by atoms with E-state index < -0.39 is 0 Å². The fraction of sp³-hybridized carbons (Fsp3) is 0.111. The van der Waals surface area contributed by atoms with Gasteiger partial charge in [-0.1, -0.05) is 30.3 Å². The van der Waals surface area contributed by atoms with Gasteiger partial charge in [0.15, 0.2) is 5.75 Å². The van der Waals surface area contributed by atoms with Crippen molar-refractivity contribution in [3.8, 4) is 5.75 Å². The number of nitrogens with zero attached hydrogens (tertiary/aromatic N) is 3. The smallest absolute Gasteiger partial charge is 0.286 e. The standard InChI is InChI=1S/C18H15N3O2/c1-12-16(17(22)21(19-12)13-8-4-3-5-9-13)18-20(2)14-10-6-7-11-15(14)23-18/h3-11H,1-2H3/b18-16-. The molecule has 0 saturated heterocycles. The molecule has 5 nitrogen and oxygen atoms in total. The van der Waals surface area contributed by atoms with Gasteiger partial charge in [-0.3, -0.25) is 4.79 Å². The monoisotopic (exact) mass is 305 g/mol. The zero-order valence-electron chi connectivity index (χ0n) is 12.9. The number of hydrogen-bond donors (Lipinski definition) is 0. The van der Waals surface area contributed by atoms with E-state index in [0.29, 0.717) is 17.2 Å². The minimum atomic E-state index is -0.177. The molecular formula is C18H15N3O2. The number of benzene rings is 2. The third-order valence-electron chi connectivity index (χ3n) is 3.97. The number of carbonyl (C=O) groups is 1. The number of carbonyl (C=O) groups excluding carboxylic acids is 1. The van der Waals surface area contributed by atoms with Crippen molar-refractivity contribution in [2.24, 2.45) is 5.10 Å². The van der Waals surface area contributed by atoms with Crippen molar-refractivity contribution >= 4 is 23.0 Å². The molecule has 0 N–H and O–H groups in total. The number of hydrazone groups is 1. The topological polar surface area (TPSA) is 45.1 Å². The summed E-state index contributed by atoms with van der Waals surface area (Å²) >= 11 is 0. The lowest BCUT2D eigenvalue weighted by molar-refractivity contribution is -0.114. The lowest BCUT2D eigenvalue weighted by Gasteiger charge is -2.15. The molecule has 0 fully saturated rings. The van der Waals surface area contributed by atoms with Gasteiger partial charge in [0.1, 0.15) is 5.57 Å². The van der Waals surface area contributed by atoms with Crippen LogP contribution in [0.5, 0.6) is 5.75 Å². The molecule has 5 heteroatoms. The largest absolute Gasteiger partial charge is 0.438 e. The van der Waals surface area contributed by atoms with E-state index >= 15 is 0 Å². The van der Waals surface area contributed by atoms with E-state index in [-0.39, 0.29) is 5.91 Å².